The van der Waals surface area contributed by atoms with Crippen LogP contribution in [-0.4, -0.2) is 21.1 Å². The second-order valence-electron chi connectivity index (χ2n) is 6.56. The number of rotatable bonds is 6. The lowest BCUT2D eigenvalue weighted by atomic mass is 10.1. The van der Waals surface area contributed by atoms with Crippen LogP contribution in [0.2, 0.25) is 0 Å². The van der Waals surface area contributed by atoms with E-state index in [4.69, 9.17) is 0 Å². The summed E-state index contributed by atoms with van der Waals surface area (Å²) < 4.78 is 13.3. The summed E-state index contributed by atoms with van der Waals surface area (Å²) in [6.45, 7) is 0. The number of hydrogen-bond donors (Lipinski definition) is 1. The monoisotopic (exact) mass is 413 g/mol. The summed E-state index contributed by atoms with van der Waals surface area (Å²) in [5, 5.41) is 15.0. The minimum absolute atomic E-state index is 0.0233. The number of aromatic nitrogens is 2. The Morgan fingerprint density at radius 2 is 1.55 bits per heavy atom. The Kier molecular flexibility index (Phi) is 5.70. The maximum Gasteiger partial charge on any atom is 0.270 e. The van der Waals surface area contributed by atoms with Crippen molar-refractivity contribution in [3.8, 4) is 22.5 Å². The SMILES string of the molecule is O=[N+]([O-])c1cccc(C=NNc2nc(-c3ccccc3)cc(-c3ccc(F)cc3)n2)c1. The van der Waals surface area contributed by atoms with Gasteiger partial charge in [0.2, 0.25) is 5.95 Å². The molecule has 0 amide bonds. The summed E-state index contributed by atoms with van der Waals surface area (Å²) in [7, 11) is 0. The zero-order valence-electron chi connectivity index (χ0n) is 16.1. The maximum absolute atomic E-state index is 13.3. The van der Waals surface area contributed by atoms with Gasteiger partial charge in [-0.3, -0.25) is 10.1 Å². The first-order valence-corrected chi connectivity index (χ1v) is 9.32. The van der Waals surface area contributed by atoms with E-state index < -0.39 is 4.92 Å². The van der Waals surface area contributed by atoms with Gasteiger partial charge in [0.15, 0.2) is 0 Å². The number of nitro benzene ring substituents is 1. The first-order chi connectivity index (χ1) is 15.1. The van der Waals surface area contributed by atoms with Crippen molar-refractivity contribution in [3.63, 3.8) is 0 Å². The van der Waals surface area contributed by atoms with Gasteiger partial charge in [0.05, 0.1) is 22.5 Å². The molecule has 0 atom stereocenters. The molecule has 1 heterocycles. The van der Waals surface area contributed by atoms with Gasteiger partial charge in [-0.15, -0.1) is 0 Å². The van der Waals surface area contributed by atoms with Crippen LogP contribution < -0.4 is 5.43 Å². The van der Waals surface area contributed by atoms with Crippen LogP contribution in [0.25, 0.3) is 22.5 Å². The van der Waals surface area contributed by atoms with Gasteiger partial charge < -0.3 is 0 Å². The Labute approximate surface area is 177 Å². The van der Waals surface area contributed by atoms with Crippen LogP contribution >= 0.6 is 0 Å². The number of nitrogens with zero attached hydrogens (tertiary/aromatic N) is 4. The van der Waals surface area contributed by atoms with Crippen LogP contribution in [0.15, 0.2) is 90.0 Å². The molecule has 0 spiro atoms. The lowest BCUT2D eigenvalue weighted by Crippen LogP contribution is -2.00. The number of hydrazone groups is 1. The van der Waals surface area contributed by atoms with Gasteiger partial charge in [0.1, 0.15) is 5.82 Å². The fourth-order valence-corrected chi connectivity index (χ4v) is 2.91. The molecule has 0 bridgehead atoms. The van der Waals surface area contributed by atoms with Gasteiger partial charge in [0, 0.05) is 28.8 Å². The molecular formula is C23H16FN5O2. The van der Waals surface area contributed by atoms with E-state index in [1.54, 1.807) is 24.3 Å². The molecule has 0 aliphatic rings. The van der Waals surface area contributed by atoms with Crippen molar-refractivity contribution in [2.75, 3.05) is 5.43 Å². The topological polar surface area (TPSA) is 93.3 Å². The summed E-state index contributed by atoms with van der Waals surface area (Å²) in [6, 6.07) is 23.5. The van der Waals surface area contributed by atoms with Crippen molar-refractivity contribution in [2.24, 2.45) is 5.10 Å². The van der Waals surface area contributed by atoms with E-state index in [2.05, 4.69) is 20.5 Å². The van der Waals surface area contributed by atoms with Crippen molar-refractivity contribution >= 4 is 17.9 Å². The quantitative estimate of drug-likeness (QED) is 0.263. The Morgan fingerprint density at radius 1 is 0.871 bits per heavy atom. The van der Waals surface area contributed by atoms with Crippen LogP contribution in [0.1, 0.15) is 5.56 Å². The minimum atomic E-state index is -0.466. The predicted molar refractivity (Wildman–Crippen MR) is 117 cm³/mol. The normalized spacial score (nSPS) is 10.9. The van der Waals surface area contributed by atoms with E-state index >= 15 is 0 Å². The molecule has 0 aliphatic carbocycles. The Bertz CT molecular complexity index is 1240. The van der Waals surface area contributed by atoms with Gasteiger partial charge in [-0.25, -0.2) is 19.8 Å². The molecule has 0 unspecified atom stereocenters. The molecule has 4 rings (SSSR count). The average Bonchev–Trinajstić information content (AvgIpc) is 2.80. The highest BCUT2D eigenvalue weighted by Gasteiger charge is 2.09. The molecule has 7 nitrogen and oxygen atoms in total. The molecule has 1 aromatic heterocycles. The molecule has 8 heteroatoms. The summed E-state index contributed by atoms with van der Waals surface area (Å²) in [5.41, 5.74) is 6.19. The maximum atomic E-state index is 13.3. The van der Waals surface area contributed by atoms with E-state index in [-0.39, 0.29) is 17.5 Å². The number of non-ortho nitro benzene ring substituents is 1. The van der Waals surface area contributed by atoms with Crippen LogP contribution in [0, 0.1) is 15.9 Å². The third kappa shape index (κ3) is 4.94. The van der Waals surface area contributed by atoms with Gasteiger partial charge in [-0.2, -0.15) is 5.10 Å². The molecule has 0 saturated heterocycles. The van der Waals surface area contributed by atoms with Gasteiger partial charge in [0.25, 0.3) is 5.69 Å². The molecular weight excluding hydrogens is 397 g/mol. The third-order valence-corrected chi connectivity index (χ3v) is 4.39. The number of nitrogens with one attached hydrogen (secondary N) is 1. The van der Waals surface area contributed by atoms with Crippen molar-refractivity contribution < 1.29 is 9.31 Å². The molecule has 1 N–H and O–H groups in total. The average molecular weight is 413 g/mol. The second kappa shape index (κ2) is 8.91. The van der Waals surface area contributed by atoms with Crippen molar-refractivity contribution in [3.05, 3.63) is 106 Å². The molecule has 4 aromatic rings. The van der Waals surface area contributed by atoms with Gasteiger partial charge >= 0.3 is 0 Å². The molecule has 0 saturated carbocycles. The molecule has 0 aliphatic heterocycles. The first-order valence-electron chi connectivity index (χ1n) is 9.32. The van der Waals surface area contributed by atoms with E-state index in [1.165, 1.54) is 30.5 Å². The fourth-order valence-electron chi connectivity index (χ4n) is 2.91. The number of halogens is 1. The van der Waals surface area contributed by atoms with E-state index in [0.717, 1.165) is 11.1 Å². The Hall–Kier alpha value is -4.46. The first kappa shape index (κ1) is 19.8. The summed E-state index contributed by atoms with van der Waals surface area (Å²) >= 11 is 0. The summed E-state index contributed by atoms with van der Waals surface area (Å²) in [4.78, 5) is 19.4. The molecule has 31 heavy (non-hydrogen) atoms. The third-order valence-electron chi connectivity index (χ3n) is 4.39. The van der Waals surface area contributed by atoms with Crippen LogP contribution in [0.5, 0.6) is 0 Å². The zero-order chi connectivity index (χ0) is 21.6. The number of nitro groups is 1. The zero-order valence-corrected chi connectivity index (χ0v) is 16.1. The van der Waals surface area contributed by atoms with E-state index in [1.807, 2.05) is 36.4 Å². The lowest BCUT2D eigenvalue weighted by molar-refractivity contribution is -0.384. The van der Waals surface area contributed by atoms with E-state index in [0.29, 0.717) is 17.0 Å². The summed E-state index contributed by atoms with van der Waals surface area (Å²) in [5.74, 6) is -0.0941. The van der Waals surface area contributed by atoms with Crippen LogP contribution in [0.3, 0.4) is 0 Å². The largest absolute Gasteiger partial charge is 0.270 e. The second-order valence-corrected chi connectivity index (χ2v) is 6.56. The van der Waals surface area contributed by atoms with E-state index in [9.17, 15) is 14.5 Å². The predicted octanol–water partition coefficient (Wildman–Crippen LogP) is 5.30. The number of hydrogen-bond acceptors (Lipinski definition) is 6. The highest BCUT2D eigenvalue weighted by Crippen LogP contribution is 2.25. The Morgan fingerprint density at radius 3 is 2.23 bits per heavy atom. The highest BCUT2D eigenvalue weighted by molar-refractivity contribution is 5.81. The fraction of sp³-hybridized carbons (Fsp3) is 0. The van der Waals surface area contributed by atoms with Crippen molar-refractivity contribution in [1.29, 1.82) is 0 Å². The molecule has 152 valence electrons. The van der Waals surface area contributed by atoms with Crippen LogP contribution in [-0.2, 0) is 0 Å². The lowest BCUT2D eigenvalue weighted by Gasteiger charge is -2.08. The number of anilines is 1. The van der Waals surface area contributed by atoms with Crippen molar-refractivity contribution in [2.45, 2.75) is 0 Å². The van der Waals surface area contributed by atoms with Crippen LogP contribution in [0.4, 0.5) is 16.0 Å². The number of benzene rings is 3. The van der Waals surface area contributed by atoms with Gasteiger partial charge in [-0.05, 0) is 30.3 Å². The highest BCUT2D eigenvalue weighted by atomic mass is 19.1. The molecule has 0 radical (unpaired) electrons. The van der Waals surface area contributed by atoms with Crippen molar-refractivity contribution in [1.82, 2.24) is 9.97 Å². The smallest absolute Gasteiger partial charge is 0.258 e. The van der Waals surface area contributed by atoms with Gasteiger partial charge in [-0.1, -0.05) is 42.5 Å². The molecule has 0 fully saturated rings. The Balaban J connectivity index is 1.66. The minimum Gasteiger partial charge on any atom is -0.258 e. The molecule has 3 aromatic carbocycles. The standard InChI is InChI=1S/C23H16FN5O2/c24-19-11-9-18(10-12-19)22-14-21(17-6-2-1-3-7-17)26-23(27-22)28-25-15-16-5-4-8-20(13-16)29(30)31/h1-15H,(H,26,27,28). The summed E-state index contributed by atoms with van der Waals surface area (Å²) in [6.07, 6.45) is 1.45.